The maximum absolute atomic E-state index is 10.9. The van der Waals surface area contributed by atoms with Crippen LogP contribution in [0.5, 0.6) is 0 Å². The molecule has 90 valence electrons. The molecule has 0 aliphatic carbocycles. The summed E-state index contributed by atoms with van der Waals surface area (Å²) in [4.78, 5) is 13.0. The second-order valence-corrected chi connectivity index (χ2v) is 5.15. The van der Waals surface area contributed by atoms with E-state index < -0.39 is 5.97 Å². The Morgan fingerprint density at radius 2 is 1.93 bits per heavy atom. The zero-order chi connectivity index (χ0) is 12.0. The van der Waals surface area contributed by atoms with E-state index in [-0.39, 0.29) is 12.0 Å². The van der Waals surface area contributed by atoms with E-state index >= 15 is 0 Å². The molecule has 0 spiro atoms. The number of nitrogens with zero attached hydrogens (tertiary/aromatic N) is 1. The summed E-state index contributed by atoms with van der Waals surface area (Å²) in [6.45, 7) is 5.90. The smallest absolute Gasteiger partial charge is 0.307 e. The van der Waals surface area contributed by atoms with Crippen LogP contribution in [0.4, 0.5) is 0 Å². The Bertz CT molecular complexity index is 199. The van der Waals surface area contributed by atoms with E-state index in [1.54, 1.807) is 6.92 Å². The van der Waals surface area contributed by atoms with Crippen LogP contribution in [-0.4, -0.2) is 47.1 Å². The van der Waals surface area contributed by atoms with Gasteiger partial charge in [0.05, 0.1) is 5.92 Å². The molecule has 0 amide bonds. The van der Waals surface area contributed by atoms with E-state index in [0.717, 1.165) is 12.2 Å². The first kappa shape index (κ1) is 14.8. The molecule has 0 saturated heterocycles. The van der Waals surface area contributed by atoms with Gasteiger partial charge in [-0.1, -0.05) is 6.92 Å². The largest absolute Gasteiger partial charge is 0.481 e. The van der Waals surface area contributed by atoms with Crippen molar-refractivity contribution in [2.45, 2.75) is 39.3 Å². The van der Waals surface area contributed by atoms with Gasteiger partial charge in [0, 0.05) is 12.1 Å². The zero-order valence-electron chi connectivity index (χ0n) is 10.4. The molecule has 3 unspecified atom stereocenters. The molecule has 0 aromatic heterocycles. The summed E-state index contributed by atoms with van der Waals surface area (Å²) in [7, 11) is 2.01. The van der Waals surface area contributed by atoms with E-state index in [9.17, 15) is 4.79 Å². The molecule has 3 nitrogen and oxygen atoms in total. The van der Waals surface area contributed by atoms with E-state index in [4.69, 9.17) is 5.11 Å². The van der Waals surface area contributed by atoms with Crippen molar-refractivity contribution >= 4 is 17.7 Å². The number of carboxylic acids is 1. The van der Waals surface area contributed by atoms with Crippen molar-refractivity contribution in [1.82, 2.24) is 4.90 Å². The summed E-state index contributed by atoms with van der Waals surface area (Å²) < 4.78 is 0. The average molecular weight is 233 g/mol. The van der Waals surface area contributed by atoms with Crippen LogP contribution in [-0.2, 0) is 4.79 Å². The average Bonchev–Trinajstić information content (AvgIpc) is 2.22. The predicted molar refractivity (Wildman–Crippen MR) is 66.5 cm³/mol. The van der Waals surface area contributed by atoms with Crippen LogP contribution in [0, 0.1) is 5.92 Å². The van der Waals surface area contributed by atoms with Crippen molar-refractivity contribution in [1.29, 1.82) is 0 Å². The number of aliphatic carboxylic acids is 1. The monoisotopic (exact) mass is 233 g/mol. The molecule has 0 aliphatic rings. The third-order valence-electron chi connectivity index (χ3n) is 3.19. The Kier molecular flexibility index (Phi) is 7.02. The number of hydrogen-bond donors (Lipinski definition) is 1. The Morgan fingerprint density at radius 1 is 1.40 bits per heavy atom. The molecular formula is C11H23NO2S. The summed E-state index contributed by atoms with van der Waals surface area (Å²) in [6, 6.07) is 0.522. The third kappa shape index (κ3) is 4.89. The topological polar surface area (TPSA) is 40.5 Å². The molecule has 0 aromatic carbocycles. The van der Waals surface area contributed by atoms with Gasteiger partial charge in [-0.3, -0.25) is 4.79 Å². The lowest BCUT2D eigenvalue weighted by Crippen LogP contribution is -2.43. The van der Waals surface area contributed by atoms with E-state index in [2.05, 4.69) is 18.1 Å². The van der Waals surface area contributed by atoms with E-state index in [1.165, 1.54) is 0 Å². The second-order valence-electron chi connectivity index (χ2n) is 4.16. The number of carbonyl (C=O) groups is 1. The van der Waals surface area contributed by atoms with Gasteiger partial charge in [0.1, 0.15) is 0 Å². The molecule has 0 bridgehead atoms. The van der Waals surface area contributed by atoms with Gasteiger partial charge in [-0.2, -0.15) is 11.8 Å². The maximum Gasteiger partial charge on any atom is 0.307 e. The molecular weight excluding hydrogens is 210 g/mol. The lowest BCUT2D eigenvalue weighted by molar-refractivity contribution is -0.143. The number of carboxylic acid groups (broad SMARTS) is 1. The summed E-state index contributed by atoms with van der Waals surface area (Å²) in [5.74, 6) is 0.0952. The van der Waals surface area contributed by atoms with Crippen LogP contribution in [0.15, 0.2) is 0 Å². The van der Waals surface area contributed by atoms with Crippen LogP contribution in [0.3, 0.4) is 0 Å². The van der Waals surface area contributed by atoms with Crippen LogP contribution in [0.1, 0.15) is 27.2 Å². The minimum Gasteiger partial charge on any atom is -0.481 e. The highest BCUT2D eigenvalue weighted by Crippen LogP contribution is 2.15. The molecule has 0 aliphatic heterocycles. The molecule has 0 rings (SSSR count). The fourth-order valence-electron chi connectivity index (χ4n) is 1.45. The molecule has 1 N–H and O–H groups in total. The summed E-state index contributed by atoms with van der Waals surface area (Å²) in [5, 5.41) is 8.93. The minimum absolute atomic E-state index is 0.0827. The summed E-state index contributed by atoms with van der Waals surface area (Å²) in [6.07, 6.45) is 3.20. The van der Waals surface area contributed by atoms with Crippen molar-refractivity contribution < 1.29 is 9.90 Å². The molecule has 3 atom stereocenters. The van der Waals surface area contributed by atoms with Gasteiger partial charge in [0.2, 0.25) is 0 Å². The van der Waals surface area contributed by atoms with Crippen molar-refractivity contribution in [2.24, 2.45) is 5.92 Å². The molecule has 0 aromatic rings. The zero-order valence-corrected chi connectivity index (χ0v) is 11.2. The molecule has 0 radical (unpaired) electrons. The Hall–Kier alpha value is -0.220. The SMILES string of the molecule is CSCCC(C)N(C)C(C)C(C)C(=O)O. The molecule has 0 saturated carbocycles. The van der Waals surface area contributed by atoms with Gasteiger partial charge in [-0.25, -0.2) is 0 Å². The summed E-state index contributed by atoms with van der Waals surface area (Å²) in [5.41, 5.74) is 0. The maximum atomic E-state index is 10.9. The Balaban J connectivity index is 4.17. The van der Waals surface area contributed by atoms with Gasteiger partial charge in [0.15, 0.2) is 0 Å². The third-order valence-corrected chi connectivity index (χ3v) is 3.83. The normalized spacial score (nSPS) is 17.5. The van der Waals surface area contributed by atoms with E-state index in [1.807, 2.05) is 25.7 Å². The van der Waals surface area contributed by atoms with Crippen molar-refractivity contribution in [3.63, 3.8) is 0 Å². The van der Waals surface area contributed by atoms with Crippen LogP contribution >= 0.6 is 11.8 Å². The molecule has 0 fully saturated rings. The first-order valence-corrected chi connectivity index (χ1v) is 6.74. The fraction of sp³-hybridized carbons (Fsp3) is 0.909. The summed E-state index contributed by atoms with van der Waals surface area (Å²) >= 11 is 1.83. The Morgan fingerprint density at radius 3 is 2.33 bits per heavy atom. The van der Waals surface area contributed by atoms with Crippen molar-refractivity contribution in [3.8, 4) is 0 Å². The lowest BCUT2D eigenvalue weighted by atomic mass is 10.0. The first-order chi connectivity index (χ1) is 6.91. The van der Waals surface area contributed by atoms with Crippen LogP contribution in [0.2, 0.25) is 0 Å². The highest BCUT2D eigenvalue weighted by molar-refractivity contribution is 7.98. The Labute approximate surface area is 97.2 Å². The van der Waals surface area contributed by atoms with Crippen molar-refractivity contribution in [3.05, 3.63) is 0 Å². The van der Waals surface area contributed by atoms with Gasteiger partial charge in [0.25, 0.3) is 0 Å². The van der Waals surface area contributed by atoms with Crippen LogP contribution in [0.25, 0.3) is 0 Å². The molecule has 0 heterocycles. The lowest BCUT2D eigenvalue weighted by Gasteiger charge is -2.32. The molecule has 15 heavy (non-hydrogen) atoms. The quantitative estimate of drug-likeness (QED) is 0.731. The minimum atomic E-state index is -0.716. The highest BCUT2D eigenvalue weighted by Gasteiger charge is 2.25. The standard InChI is InChI=1S/C11H23NO2S/c1-8(6-7-15-5)12(4)10(3)9(2)11(13)14/h8-10H,6-7H2,1-5H3,(H,13,14). The number of hydrogen-bond acceptors (Lipinski definition) is 3. The van der Waals surface area contributed by atoms with E-state index in [0.29, 0.717) is 6.04 Å². The number of rotatable bonds is 7. The highest BCUT2D eigenvalue weighted by atomic mass is 32.2. The number of thioether (sulfide) groups is 1. The van der Waals surface area contributed by atoms with Gasteiger partial charge in [-0.05, 0) is 39.3 Å². The van der Waals surface area contributed by atoms with Gasteiger partial charge < -0.3 is 10.0 Å². The van der Waals surface area contributed by atoms with Crippen molar-refractivity contribution in [2.75, 3.05) is 19.1 Å². The molecule has 4 heteroatoms. The van der Waals surface area contributed by atoms with Crippen LogP contribution < -0.4 is 0 Å². The van der Waals surface area contributed by atoms with Gasteiger partial charge >= 0.3 is 5.97 Å². The fourth-order valence-corrected chi connectivity index (χ4v) is 2.03. The van der Waals surface area contributed by atoms with Gasteiger partial charge in [-0.15, -0.1) is 0 Å². The second kappa shape index (κ2) is 7.12. The first-order valence-electron chi connectivity index (χ1n) is 5.35. The predicted octanol–water partition coefficient (Wildman–Crippen LogP) is 2.17.